The number of fused-ring (bicyclic) bond motifs is 1. The van der Waals surface area contributed by atoms with Crippen LogP contribution in [0, 0.1) is 0 Å². The Hall–Kier alpha value is -2.32. The smallest absolute Gasteiger partial charge is 0.260 e. The van der Waals surface area contributed by atoms with E-state index in [-0.39, 0.29) is 5.91 Å². The number of nitrogens with zero attached hydrogens (tertiary/aromatic N) is 4. The zero-order valence-electron chi connectivity index (χ0n) is 19.3. The molecule has 0 aliphatic carbocycles. The second kappa shape index (κ2) is 10.5. The maximum Gasteiger partial charge on any atom is 0.260 e. The molecule has 0 unspecified atom stereocenters. The van der Waals surface area contributed by atoms with Crippen molar-refractivity contribution < 1.29 is 9.53 Å². The lowest BCUT2D eigenvalue weighted by atomic mass is 10.1. The highest BCUT2D eigenvalue weighted by Crippen LogP contribution is 2.32. The number of benzene rings is 1. The summed E-state index contributed by atoms with van der Waals surface area (Å²) < 4.78 is 5.70. The summed E-state index contributed by atoms with van der Waals surface area (Å²) in [7, 11) is 1.70. The number of thioether (sulfide) groups is 1. The number of anilines is 1. The van der Waals surface area contributed by atoms with Crippen LogP contribution >= 0.6 is 11.8 Å². The van der Waals surface area contributed by atoms with E-state index in [1.807, 2.05) is 11.2 Å². The van der Waals surface area contributed by atoms with Gasteiger partial charge in [0.15, 0.2) is 5.16 Å². The first kappa shape index (κ1) is 22.9. The fourth-order valence-electron chi connectivity index (χ4n) is 4.39. The van der Waals surface area contributed by atoms with Crippen LogP contribution in [0.4, 0.5) is 5.82 Å². The molecule has 1 N–H and O–H groups in total. The van der Waals surface area contributed by atoms with E-state index in [0.29, 0.717) is 29.6 Å². The van der Waals surface area contributed by atoms with E-state index in [0.717, 1.165) is 56.0 Å². The van der Waals surface area contributed by atoms with Crippen LogP contribution in [0.15, 0.2) is 23.4 Å². The van der Waals surface area contributed by atoms with Gasteiger partial charge >= 0.3 is 0 Å². The molecule has 0 bridgehead atoms. The molecule has 0 atom stereocenters. The molecule has 1 saturated heterocycles. The number of hydrogen-bond acceptors (Lipinski definition) is 7. The first-order valence-corrected chi connectivity index (χ1v) is 12.7. The van der Waals surface area contributed by atoms with Gasteiger partial charge in [0.25, 0.3) is 5.91 Å². The summed E-state index contributed by atoms with van der Waals surface area (Å²) in [5, 5.41) is 4.05. The summed E-state index contributed by atoms with van der Waals surface area (Å²) in [5.41, 5.74) is 3.68. The number of methoxy groups -OCH3 is 1. The fraction of sp³-hybridized carbons (Fsp3) is 0.542. The summed E-state index contributed by atoms with van der Waals surface area (Å²) in [4.78, 5) is 26.8. The zero-order chi connectivity index (χ0) is 22.5. The number of carbonyl (C=O) groups excluding carboxylic acids is 1. The van der Waals surface area contributed by atoms with E-state index >= 15 is 0 Å². The molecule has 8 heteroatoms. The van der Waals surface area contributed by atoms with Gasteiger partial charge in [-0.2, -0.15) is 0 Å². The lowest BCUT2D eigenvalue weighted by Crippen LogP contribution is -2.24. The Morgan fingerprint density at radius 1 is 1.19 bits per heavy atom. The van der Waals surface area contributed by atoms with Gasteiger partial charge in [-0.15, -0.1) is 0 Å². The summed E-state index contributed by atoms with van der Waals surface area (Å²) >= 11 is 1.50. The van der Waals surface area contributed by atoms with Crippen molar-refractivity contribution in [3.8, 4) is 5.75 Å². The predicted octanol–water partition coefficient (Wildman–Crippen LogP) is 4.17. The highest BCUT2D eigenvalue weighted by atomic mass is 32.2. The number of unbranched alkanes of at least 4 members (excludes halogenated alkanes) is 1. The van der Waals surface area contributed by atoms with Crippen molar-refractivity contribution in [2.75, 3.05) is 38.3 Å². The number of amides is 1. The van der Waals surface area contributed by atoms with Crippen molar-refractivity contribution in [3.05, 3.63) is 40.6 Å². The summed E-state index contributed by atoms with van der Waals surface area (Å²) in [6.45, 7) is 7.21. The second-order valence-electron chi connectivity index (χ2n) is 8.45. The predicted molar refractivity (Wildman–Crippen MR) is 128 cm³/mol. The van der Waals surface area contributed by atoms with E-state index < -0.39 is 0 Å². The van der Waals surface area contributed by atoms with Gasteiger partial charge < -0.3 is 15.0 Å². The molecule has 1 aromatic heterocycles. The van der Waals surface area contributed by atoms with Gasteiger partial charge in [0.2, 0.25) is 0 Å². The van der Waals surface area contributed by atoms with Crippen molar-refractivity contribution in [1.29, 1.82) is 0 Å². The molecule has 0 spiro atoms. The van der Waals surface area contributed by atoms with Gasteiger partial charge in [0.1, 0.15) is 17.1 Å². The Morgan fingerprint density at radius 3 is 2.72 bits per heavy atom. The minimum absolute atomic E-state index is 0.0187. The third-order valence-electron chi connectivity index (χ3n) is 6.13. The minimum Gasteiger partial charge on any atom is -0.496 e. The Kier molecular flexibility index (Phi) is 7.52. The lowest BCUT2D eigenvalue weighted by molar-refractivity contribution is 0.0765. The van der Waals surface area contributed by atoms with Crippen molar-refractivity contribution >= 4 is 23.5 Å². The first-order valence-electron chi connectivity index (χ1n) is 11.5. The molecule has 32 heavy (non-hydrogen) atoms. The van der Waals surface area contributed by atoms with Gasteiger partial charge in [-0.05, 0) is 50.2 Å². The van der Waals surface area contributed by atoms with Crippen LogP contribution in [0.2, 0.25) is 0 Å². The van der Waals surface area contributed by atoms with Gasteiger partial charge in [0.05, 0.1) is 25.9 Å². The molecule has 2 aromatic rings. The van der Waals surface area contributed by atoms with Gasteiger partial charge in [0, 0.05) is 18.7 Å². The third kappa shape index (κ3) is 5.02. The molecule has 1 amide bonds. The molecular formula is C24H33N5O2S. The van der Waals surface area contributed by atoms with E-state index in [2.05, 4.69) is 45.3 Å². The molecule has 2 aliphatic rings. The average molecular weight is 456 g/mol. The van der Waals surface area contributed by atoms with Crippen LogP contribution in [0.1, 0.15) is 59.8 Å². The van der Waals surface area contributed by atoms with E-state index in [1.165, 1.54) is 30.2 Å². The molecule has 1 aromatic carbocycles. The third-order valence-corrected chi connectivity index (χ3v) is 6.68. The second-order valence-corrected chi connectivity index (χ2v) is 9.23. The molecule has 172 valence electrons. The number of carbonyl (C=O) groups is 1. The fourth-order valence-corrected chi connectivity index (χ4v) is 4.77. The van der Waals surface area contributed by atoms with Crippen LogP contribution in [0.5, 0.6) is 5.75 Å². The highest BCUT2D eigenvalue weighted by Gasteiger charge is 2.33. The van der Waals surface area contributed by atoms with Crippen LogP contribution in [0.3, 0.4) is 0 Å². The molecule has 2 aliphatic heterocycles. The van der Waals surface area contributed by atoms with Gasteiger partial charge in [-0.25, -0.2) is 9.97 Å². The topological polar surface area (TPSA) is 70.6 Å². The van der Waals surface area contributed by atoms with Gasteiger partial charge in [-0.3, -0.25) is 9.69 Å². The largest absolute Gasteiger partial charge is 0.496 e. The number of likely N-dealkylation sites (tertiary alicyclic amines) is 1. The van der Waals surface area contributed by atoms with E-state index in [9.17, 15) is 4.79 Å². The van der Waals surface area contributed by atoms with Crippen molar-refractivity contribution in [3.63, 3.8) is 0 Å². The Labute approximate surface area is 194 Å². The van der Waals surface area contributed by atoms with Crippen LogP contribution in [-0.4, -0.2) is 58.7 Å². The zero-order valence-corrected chi connectivity index (χ0v) is 20.1. The maximum atomic E-state index is 13.3. The van der Waals surface area contributed by atoms with Crippen LogP contribution in [0.25, 0.3) is 0 Å². The average Bonchev–Trinajstić information content (AvgIpc) is 3.42. The standard InChI is InChI=1S/C24H33N5O2S/c1-4-5-10-25-22-21-19(26-24(27-22)32-3)16-29(23(21)30)15-18-9-8-17(13-20(18)31-2)14-28-11-6-7-12-28/h8-9,13H,4-7,10-12,14-16H2,1-3H3,(H,25,26,27). The maximum absolute atomic E-state index is 13.3. The Bertz CT molecular complexity index is 962. The lowest BCUT2D eigenvalue weighted by Gasteiger charge is -2.19. The number of hydrogen-bond donors (Lipinski definition) is 1. The van der Waals surface area contributed by atoms with Crippen molar-refractivity contribution in [2.45, 2.75) is 57.4 Å². The summed E-state index contributed by atoms with van der Waals surface area (Å²) in [6, 6.07) is 6.37. The Balaban J connectivity index is 1.51. The van der Waals surface area contributed by atoms with Gasteiger partial charge in [-0.1, -0.05) is 37.2 Å². The van der Waals surface area contributed by atoms with E-state index in [1.54, 1.807) is 7.11 Å². The molecule has 1 fully saturated rings. The molecule has 7 nitrogen and oxygen atoms in total. The number of rotatable bonds is 10. The van der Waals surface area contributed by atoms with Crippen LogP contribution < -0.4 is 10.1 Å². The molecule has 0 radical (unpaired) electrons. The Morgan fingerprint density at radius 2 is 2.00 bits per heavy atom. The normalized spacial score (nSPS) is 16.0. The van der Waals surface area contributed by atoms with E-state index in [4.69, 9.17) is 4.74 Å². The number of ether oxygens (including phenoxy) is 1. The van der Waals surface area contributed by atoms with Crippen LogP contribution in [-0.2, 0) is 19.6 Å². The molecule has 4 rings (SSSR count). The summed E-state index contributed by atoms with van der Waals surface area (Å²) in [5.74, 6) is 1.48. The highest BCUT2D eigenvalue weighted by molar-refractivity contribution is 7.98. The minimum atomic E-state index is -0.0187. The summed E-state index contributed by atoms with van der Waals surface area (Å²) in [6.07, 6.45) is 6.64. The quantitative estimate of drug-likeness (QED) is 0.327. The van der Waals surface area contributed by atoms with Crippen molar-refractivity contribution in [1.82, 2.24) is 19.8 Å². The number of aromatic nitrogens is 2. The molecule has 3 heterocycles. The SMILES string of the molecule is CCCCNc1nc(SC)nc2c1C(=O)N(Cc1ccc(CN3CCCC3)cc1OC)C2. The van der Waals surface area contributed by atoms with Crippen molar-refractivity contribution in [2.24, 2.45) is 0 Å². The molecule has 0 saturated carbocycles. The molecular weight excluding hydrogens is 422 g/mol. The monoisotopic (exact) mass is 455 g/mol. The first-order chi connectivity index (χ1) is 15.6. The number of nitrogens with one attached hydrogen (secondary N) is 1.